The van der Waals surface area contributed by atoms with Crippen molar-refractivity contribution in [2.24, 2.45) is 16.5 Å². The van der Waals surface area contributed by atoms with Gasteiger partial charge in [-0.2, -0.15) is 0 Å². The molecule has 0 aliphatic rings. The zero-order valence-corrected chi connectivity index (χ0v) is 12.7. The number of guanidine groups is 1. The van der Waals surface area contributed by atoms with Gasteiger partial charge < -0.3 is 40.7 Å². The SMILES string of the molecule is NC(N)=NCCC(O)(P(=O)([O-])O)P(=O)(O)O.[Na+]. The first-order valence-electron chi connectivity index (χ1n) is 3.79. The van der Waals surface area contributed by atoms with Gasteiger partial charge >= 0.3 is 37.2 Å². The van der Waals surface area contributed by atoms with E-state index in [1.807, 2.05) is 0 Å². The Morgan fingerprint density at radius 3 is 1.94 bits per heavy atom. The maximum atomic E-state index is 10.8. The van der Waals surface area contributed by atoms with Gasteiger partial charge in [-0.15, -0.1) is 0 Å². The monoisotopic (exact) mass is 299 g/mol. The standard InChI is InChI=1S/C4H13N3O7P2.Na/c5-3(6)7-2-1-4(8,15(9,10)11)16(12,13)14;/h8H,1-2H2,(H4,5,6,7)(H2,9,10,11)(H2,12,13,14);/q;+1/p-1. The molecule has 0 spiro atoms. The second-order valence-corrected chi connectivity index (χ2v) is 6.86. The van der Waals surface area contributed by atoms with E-state index in [0.717, 1.165) is 0 Å². The van der Waals surface area contributed by atoms with Crippen LogP contribution in [-0.2, 0) is 9.13 Å². The number of hydrogen-bond donors (Lipinski definition) is 6. The molecule has 0 heterocycles. The summed E-state index contributed by atoms with van der Waals surface area (Å²) in [6.45, 7) is -0.573. The molecule has 0 aromatic carbocycles. The first-order chi connectivity index (χ1) is 6.92. The largest absolute Gasteiger partial charge is 1.00 e. The number of rotatable bonds is 5. The van der Waals surface area contributed by atoms with E-state index in [1.165, 1.54) is 0 Å². The minimum Gasteiger partial charge on any atom is -0.776 e. The van der Waals surface area contributed by atoms with Gasteiger partial charge in [-0.3, -0.25) is 9.56 Å². The molecular weight excluding hydrogens is 287 g/mol. The van der Waals surface area contributed by atoms with Gasteiger partial charge in [0.05, 0.1) is 0 Å². The fourth-order valence-electron chi connectivity index (χ4n) is 0.787. The molecule has 0 amide bonds. The first-order valence-corrected chi connectivity index (χ1v) is 6.98. The summed E-state index contributed by atoms with van der Waals surface area (Å²) in [7, 11) is -11.2. The molecule has 2 unspecified atom stereocenters. The second-order valence-electron chi connectivity index (χ2n) is 2.90. The Bertz CT molecular complexity index is 349. The molecule has 13 heteroatoms. The predicted octanol–water partition coefficient (Wildman–Crippen LogP) is -5.98. The minimum atomic E-state index is -5.68. The van der Waals surface area contributed by atoms with Crippen LogP contribution < -0.4 is 45.9 Å². The third-order valence-corrected chi connectivity index (χ3v) is 5.49. The summed E-state index contributed by atoms with van der Waals surface area (Å²) in [5.41, 5.74) is 9.76. The summed E-state index contributed by atoms with van der Waals surface area (Å²) in [5, 5.41) is 5.67. The average Bonchev–Trinajstić information content (AvgIpc) is 1.98. The molecule has 0 aromatic rings. The molecule has 0 aliphatic carbocycles. The van der Waals surface area contributed by atoms with Gasteiger partial charge in [-0.05, 0) is 0 Å². The molecular formula is C4H12N3NaO7P2. The first kappa shape index (κ1) is 19.9. The Labute approximate surface area is 119 Å². The normalized spacial score (nSPS) is 18.4. The number of nitrogens with zero attached hydrogens (tertiary/aromatic N) is 1. The van der Waals surface area contributed by atoms with Crippen LogP contribution in [0.5, 0.6) is 0 Å². The van der Waals surface area contributed by atoms with Crippen molar-refractivity contribution in [3.05, 3.63) is 0 Å². The Kier molecular flexibility index (Phi) is 7.74. The predicted molar refractivity (Wildman–Crippen MR) is 52.1 cm³/mol. The molecule has 8 N–H and O–H groups in total. The van der Waals surface area contributed by atoms with Crippen LogP contribution in [0, 0.1) is 0 Å². The van der Waals surface area contributed by atoms with Crippen molar-refractivity contribution in [1.29, 1.82) is 0 Å². The molecule has 10 nitrogen and oxygen atoms in total. The van der Waals surface area contributed by atoms with Crippen LogP contribution in [0.2, 0.25) is 0 Å². The van der Waals surface area contributed by atoms with Crippen molar-refractivity contribution >= 4 is 21.2 Å². The number of aliphatic hydroxyl groups is 1. The maximum Gasteiger partial charge on any atom is 1.00 e. The fourth-order valence-corrected chi connectivity index (χ4v) is 2.88. The van der Waals surface area contributed by atoms with E-state index in [1.54, 1.807) is 0 Å². The van der Waals surface area contributed by atoms with Crippen LogP contribution in [0.15, 0.2) is 4.99 Å². The molecule has 0 radical (unpaired) electrons. The molecule has 0 rings (SSSR count). The molecule has 2 atom stereocenters. The van der Waals surface area contributed by atoms with Gasteiger partial charge in [0.1, 0.15) is 0 Å². The third-order valence-electron chi connectivity index (χ3n) is 1.66. The number of aliphatic imine (C=N–C) groups is 1. The van der Waals surface area contributed by atoms with Gasteiger partial charge in [-0.1, -0.05) is 0 Å². The molecule has 0 fully saturated rings. The third kappa shape index (κ3) is 5.35. The number of hydrogen-bond acceptors (Lipinski definition) is 5. The van der Waals surface area contributed by atoms with E-state index >= 15 is 0 Å². The average molecular weight is 299 g/mol. The number of nitrogens with two attached hydrogens (primary N) is 2. The van der Waals surface area contributed by atoms with E-state index in [0.29, 0.717) is 0 Å². The fraction of sp³-hybridized carbons (Fsp3) is 0.750. The van der Waals surface area contributed by atoms with Crippen molar-refractivity contribution in [3.63, 3.8) is 0 Å². The molecule has 96 valence electrons. The van der Waals surface area contributed by atoms with Crippen LogP contribution in [0.4, 0.5) is 0 Å². The van der Waals surface area contributed by atoms with Crippen molar-refractivity contribution in [2.45, 2.75) is 11.5 Å². The molecule has 17 heavy (non-hydrogen) atoms. The van der Waals surface area contributed by atoms with E-state index in [2.05, 4.69) is 4.99 Å². The summed E-state index contributed by atoms with van der Waals surface area (Å²) in [6, 6.07) is 0. The van der Waals surface area contributed by atoms with Crippen LogP contribution in [0.25, 0.3) is 0 Å². The van der Waals surface area contributed by atoms with Gasteiger partial charge in [-0.25, -0.2) is 0 Å². The smallest absolute Gasteiger partial charge is 0.776 e. The van der Waals surface area contributed by atoms with Crippen LogP contribution >= 0.6 is 15.2 Å². The maximum absolute atomic E-state index is 10.8. The quantitative estimate of drug-likeness (QED) is 0.123. The summed E-state index contributed by atoms with van der Waals surface area (Å²) in [4.78, 5) is 39.8. The van der Waals surface area contributed by atoms with Gasteiger partial charge in [0, 0.05) is 13.0 Å². The van der Waals surface area contributed by atoms with Gasteiger partial charge in [0.15, 0.2) is 13.6 Å². The molecule has 0 saturated carbocycles. The van der Waals surface area contributed by atoms with E-state index in [-0.39, 0.29) is 29.6 Å². The second kappa shape index (κ2) is 6.63. The summed E-state index contributed by atoms with van der Waals surface area (Å²) in [6.07, 6.45) is -1.04. The van der Waals surface area contributed by atoms with Crippen LogP contribution in [0.1, 0.15) is 6.42 Å². The van der Waals surface area contributed by atoms with Crippen molar-refractivity contribution in [1.82, 2.24) is 0 Å². The zero-order valence-electron chi connectivity index (χ0n) is 8.92. The van der Waals surface area contributed by atoms with Crippen molar-refractivity contribution in [2.75, 3.05) is 6.54 Å². The van der Waals surface area contributed by atoms with E-state index in [4.69, 9.17) is 26.1 Å². The zero-order chi connectivity index (χ0) is 13.2. The topological polar surface area (TPSA) is 203 Å². The van der Waals surface area contributed by atoms with E-state index < -0.39 is 39.2 Å². The van der Waals surface area contributed by atoms with Gasteiger partial charge in [0.25, 0.3) is 0 Å². The van der Waals surface area contributed by atoms with Gasteiger partial charge in [0.2, 0.25) is 5.08 Å². The summed E-state index contributed by atoms with van der Waals surface area (Å²) in [5.74, 6) is -0.452. The summed E-state index contributed by atoms with van der Waals surface area (Å²) >= 11 is 0. The Morgan fingerprint density at radius 1 is 1.29 bits per heavy atom. The molecule has 0 saturated heterocycles. The summed E-state index contributed by atoms with van der Waals surface area (Å²) < 4.78 is 21.5. The minimum absolute atomic E-state index is 0. The van der Waals surface area contributed by atoms with Crippen molar-refractivity contribution in [3.8, 4) is 0 Å². The van der Waals surface area contributed by atoms with Crippen LogP contribution in [-0.4, -0.2) is 37.4 Å². The molecule has 0 aromatic heterocycles. The van der Waals surface area contributed by atoms with Crippen molar-refractivity contribution < 1.29 is 63.4 Å². The Hall–Kier alpha value is 0.530. The van der Waals surface area contributed by atoms with Crippen LogP contribution in [0.3, 0.4) is 0 Å². The Morgan fingerprint density at radius 2 is 1.71 bits per heavy atom. The molecule has 0 aliphatic heterocycles. The molecule has 0 bridgehead atoms. The van der Waals surface area contributed by atoms with E-state index in [9.17, 15) is 19.1 Å². The Balaban J connectivity index is 0.